The molecule has 0 aliphatic carbocycles. The number of carbonyl (C=O) groups is 2. The molecule has 23 heavy (non-hydrogen) atoms. The fourth-order valence-electron chi connectivity index (χ4n) is 1.88. The number of hydrogen-bond acceptors (Lipinski definition) is 5. The Kier molecular flexibility index (Phi) is 5.30. The second-order valence-electron chi connectivity index (χ2n) is 4.61. The van der Waals surface area contributed by atoms with Crippen LogP contribution in [0.5, 0.6) is 0 Å². The minimum absolute atomic E-state index is 0.125. The molecular weight excluding hydrogens is 321 g/mol. The number of esters is 1. The molecule has 0 radical (unpaired) electrons. The monoisotopic (exact) mass is 334 g/mol. The van der Waals surface area contributed by atoms with Gasteiger partial charge in [0.15, 0.2) is 0 Å². The van der Waals surface area contributed by atoms with E-state index in [1.54, 1.807) is 0 Å². The highest BCUT2D eigenvalue weighted by Crippen LogP contribution is 2.31. The van der Waals surface area contributed by atoms with E-state index in [4.69, 9.17) is 0 Å². The van der Waals surface area contributed by atoms with E-state index in [0.717, 1.165) is 26.3 Å². The Morgan fingerprint density at radius 1 is 1.35 bits per heavy atom. The zero-order valence-electron chi connectivity index (χ0n) is 12.4. The van der Waals surface area contributed by atoms with Crippen molar-refractivity contribution in [2.24, 2.45) is 0 Å². The molecule has 0 N–H and O–H groups in total. The Balaban J connectivity index is 3.28. The van der Waals surface area contributed by atoms with Crippen molar-refractivity contribution in [3.05, 3.63) is 39.4 Å². The van der Waals surface area contributed by atoms with Gasteiger partial charge in [0.25, 0.3) is 5.69 Å². The van der Waals surface area contributed by atoms with Gasteiger partial charge in [-0.15, -0.1) is 0 Å². The van der Waals surface area contributed by atoms with E-state index in [9.17, 15) is 32.9 Å². The summed E-state index contributed by atoms with van der Waals surface area (Å²) in [5, 5.41) is 11.1. The van der Waals surface area contributed by atoms with Gasteiger partial charge in [-0.25, -0.2) is 4.79 Å². The number of methoxy groups -OCH3 is 1. The van der Waals surface area contributed by atoms with Crippen molar-refractivity contribution < 1.29 is 32.4 Å². The molecule has 0 aliphatic heterocycles. The van der Waals surface area contributed by atoms with Crippen LogP contribution < -0.4 is 0 Å². The van der Waals surface area contributed by atoms with Crippen LogP contribution in [0.25, 0.3) is 0 Å². The van der Waals surface area contributed by atoms with Gasteiger partial charge in [-0.1, -0.05) is 0 Å². The van der Waals surface area contributed by atoms with Crippen molar-refractivity contribution in [1.82, 2.24) is 4.90 Å². The molecule has 0 bridgehead atoms. The molecule has 1 amide bonds. The smallest absolute Gasteiger partial charge is 0.465 e. The van der Waals surface area contributed by atoms with E-state index < -0.39 is 34.7 Å². The Hall–Kier alpha value is -2.65. The third-order valence-corrected chi connectivity index (χ3v) is 3.24. The first-order valence-electron chi connectivity index (χ1n) is 6.21. The maximum Gasteiger partial charge on any atom is 0.471 e. The predicted molar refractivity (Wildman–Crippen MR) is 71.7 cm³/mol. The molecule has 0 aliphatic rings. The van der Waals surface area contributed by atoms with Gasteiger partial charge in [-0.05, 0) is 19.1 Å². The van der Waals surface area contributed by atoms with Gasteiger partial charge in [0.1, 0.15) is 0 Å². The van der Waals surface area contributed by atoms with Crippen LogP contribution in [0.2, 0.25) is 0 Å². The van der Waals surface area contributed by atoms with Crippen molar-refractivity contribution >= 4 is 17.6 Å². The van der Waals surface area contributed by atoms with Crippen LogP contribution in [0.4, 0.5) is 18.9 Å². The number of nitro benzene ring substituents is 1. The molecule has 0 saturated carbocycles. The van der Waals surface area contributed by atoms with Crippen LogP contribution >= 0.6 is 0 Å². The van der Waals surface area contributed by atoms with Crippen LogP contribution in [0.15, 0.2) is 18.2 Å². The van der Waals surface area contributed by atoms with Crippen molar-refractivity contribution in [2.75, 3.05) is 14.2 Å². The van der Waals surface area contributed by atoms with E-state index >= 15 is 0 Å². The zero-order valence-corrected chi connectivity index (χ0v) is 12.4. The molecule has 126 valence electrons. The maximum atomic E-state index is 12.5. The number of benzene rings is 1. The van der Waals surface area contributed by atoms with Crippen LogP contribution in [0, 0.1) is 10.1 Å². The van der Waals surface area contributed by atoms with E-state index in [1.165, 1.54) is 13.0 Å². The summed E-state index contributed by atoms with van der Waals surface area (Å²) in [5.41, 5.74) is -0.843. The molecule has 1 aromatic carbocycles. The second kappa shape index (κ2) is 6.63. The summed E-state index contributed by atoms with van der Waals surface area (Å²) in [7, 11) is 1.97. The molecule has 0 spiro atoms. The number of ether oxygens (including phenoxy) is 1. The lowest BCUT2D eigenvalue weighted by Crippen LogP contribution is -2.40. The van der Waals surface area contributed by atoms with Gasteiger partial charge in [0, 0.05) is 13.1 Å². The average Bonchev–Trinajstić information content (AvgIpc) is 2.50. The number of carbonyl (C=O) groups excluding carboxylic acids is 2. The molecule has 1 rings (SSSR count). The maximum absolute atomic E-state index is 12.5. The quantitative estimate of drug-likeness (QED) is 0.479. The Morgan fingerprint density at radius 3 is 2.35 bits per heavy atom. The number of alkyl halides is 3. The largest absolute Gasteiger partial charge is 0.471 e. The third kappa shape index (κ3) is 3.96. The van der Waals surface area contributed by atoms with Gasteiger partial charge >= 0.3 is 18.1 Å². The summed E-state index contributed by atoms with van der Waals surface area (Å²) in [5.74, 6) is -2.96. The first-order valence-corrected chi connectivity index (χ1v) is 6.21. The number of nitro groups is 1. The molecule has 1 atom stereocenters. The van der Waals surface area contributed by atoms with Crippen LogP contribution in [-0.4, -0.2) is 42.0 Å². The zero-order chi connectivity index (χ0) is 17.9. The molecule has 0 heterocycles. The Bertz CT molecular complexity index is 645. The number of halogens is 3. The summed E-state index contributed by atoms with van der Waals surface area (Å²) >= 11 is 0. The first-order chi connectivity index (χ1) is 10.5. The molecule has 0 aromatic heterocycles. The van der Waals surface area contributed by atoms with E-state index in [1.807, 2.05) is 0 Å². The summed E-state index contributed by atoms with van der Waals surface area (Å²) < 4.78 is 41.8. The Morgan fingerprint density at radius 2 is 1.91 bits per heavy atom. The minimum atomic E-state index is -5.09. The summed E-state index contributed by atoms with van der Waals surface area (Å²) in [4.78, 5) is 33.2. The van der Waals surface area contributed by atoms with Gasteiger partial charge < -0.3 is 9.64 Å². The van der Waals surface area contributed by atoms with Gasteiger partial charge in [0.2, 0.25) is 0 Å². The SMILES string of the molecule is COC(=O)c1ccc([C@H](C)N(C)C(=O)C(F)(F)F)c([N+](=O)[O-])c1. The lowest BCUT2D eigenvalue weighted by atomic mass is 10.0. The van der Waals surface area contributed by atoms with Crippen LogP contribution in [0.1, 0.15) is 28.9 Å². The summed E-state index contributed by atoms with van der Waals surface area (Å²) in [6.07, 6.45) is -5.09. The summed E-state index contributed by atoms with van der Waals surface area (Å²) in [6, 6.07) is 1.96. The summed E-state index contributed by atoms with van der Waals surface area (Å²) in [6.45, 7) is 1.21. The Labute approximate surface area is 128 Å². The number of rotatable bonds is 4. The van der Waals surface area contributed by atoms with Gasteiger partial charge in [-0.3, -0.25) is 14.9 Å². The van der Waals surface area contributed by atoms with Gasteiger partial charge in [-0.2, -0.15) is 13.2 Å². The van der Waals surface area contributed by atoms with Gasteiger partial charge in [0.05, 0.1) is 29.2 Å². The lowest BCUT2D eigenvalue weighted by molar-refractivity contribution is -0.385. The fourth-order valence-corrected chi connectivity index (χ4v) is 1.88. The molecule has 0 unspecified atom stereocenters. The third-order valence-electron chi connectivity index (χ3n) is 3.24. The normalized spacial score (nSPS) is 12.4. The molecule has 1 aromatic rings. The van der Waals surface area contributed by atoms with Crippen LogP contribution in [-0.2, 0) is 9.53 Å². The molecule has 0 fully saturated rings. The van der Waals surface area contributed by atoms with E-state index in [2.05, 4.69) is 4.74 Å². The highest BCUT2D eigenvalue weighted by Gasteiger charge is 2.43. The molecule has 10 heteroatoms. The standard InChI is InChI=1S/C13H13F3N2O5/c1-7(17(2)12(20)13(14,15)16)9-5-4-8(11(19)23-3)6-10(9)18(21)22/h4-7H,1-3H3/t7-/m0/s1. The fraction of sp³-hybridized carbons (Fsp3) is 0.385. The number of nitrogens with zero attached hydrogens (tertiary/aromatic N) is 2. The number of hydrogen-bond donors (Lipinski definition) is 0. The van der Waals surface area contributed by atoms with Crippen molar-refractivity contribution in [3.8, 4) is 0 Å². The molecular formula is C13H13F3N2O5. The van der Waals surface area contributed by atoms with E-state index in [-0.39, 0.29) is 11.1 Å². The molecule has 0 saturated heterocycles. The topological polar surface area (TPSA) is 89.8 Å². The lowest BCUT2D eigenvalue weighted by Gasteiger charge is -2.26. The number of amides is 1. The minimum Gasteiger partial charge on any atom is -0.465 e. The van der Waals surface area contributed by atoms with Crippen molar-refractivity contribution in [2.45, 2.75) is 19.1 Å². The predicted octanol–water partition coefficient (Wildman–Crippen LogP) is 2.46. The molecule has 7 nitrogen and oxygen atoms in total. The first kappa shape index (κ1) is 18.4. The van der Waals surface area contributed by atoms with Crippen molar-refractivity contribution in [1.29, 1.82) is 0 Å². The van der Waals surface area contributed by atoms with Crippen LogP contribution in [0.3, 0.4) is 0 Å². The highest BCUT2D eigenvalue weighted by atomic mass is 19.4. The van der Waals surface area contributed by atoms with E-state index in [0.29, 0.717) is 4.90 Å². The average molecular weight is 334 g/mol. The second-order valence-corrected chi connectivity index (χ2v) is 4.61. The highest BCUT2D eigenvalue weighted by molar-refractivity contribution is 5.90. The van der Waals surface area contributed by atoms with Crippen molar-refractivity contribution in [3.63, 3.8) is 0 Å².